The summed E-state index contributed by atoms with van der Waals surface area (Å²) in [4.78, 5) is 17.0. The van der Waals surface area contributed by atoms with Crippen molar-refractivity contribution >= 4 is 39.1 Å². The molecule has 4 nitrogen and oxygen atoms in total. The molecule has 1 aliphatic rings. The van der Waals surface area contributed by atoms with Gasteiger partial charge in [0.15, 0.2) is 0 Å². The van der Waals surface area contributed by atoms with Crippen LogP contribution in [0.3, 0.4) is 0 Å². The Kier molecular flexibility index (Phi) is 3.97. The highest BCUT2D eigenvalue weighted by molar-refractivity contribution is 9.10. The maximum atomic E-state index is 12.6. The van der Waals surface area contributed by atoms with Crippen molar-refractivity contribution < 1.29 is 9.53 Å². The Morgan fingerprint density at radius 1 is 1.24 bits per heavy atom. The van der Waals surface area contributed by atoms with Crippen LogP contribution in [0.1, 0.15) is 5.69 Å². The van der Waals surface area contributed by atoms with Gasteiger partial charge in [0.25, 0.3) is 0 Å². The minimum atomic E-state index is -0.722. The number of hydrogen-bond donors (Lipinski definition) is 1. The minimum Gasteiger partial charge on any atom is -0.378 e. The predicted octanol–water partition coefficient (Wildman–Crippen LogP) is 3.40. The number of nitrogens with one attached hydrogen (secondary N) is 1. The smallest absolute Gasteiger partial charge is 0.241 e. The Morgan fingerprint density at radius 2 is 1.95 bits per heavy atom. The number of benzene rings is 1. The molecule has 0 spiro atoms. The maximum Gasteiger partial charge on any atom is 0.241 e. The van der Waals surface area contributed by atoms with Crippen LogP contribution in [-0.2, 0) is 14.9 Å². The van der Waals surface area contributed by atoms with Crippen LogP contribution < -0.4 is 5.32 Å². The van der Waals surface area contributed by atoms with E-state index in [1.807, 2.05) is 12.1 Å². The van der Waals surface area contributed by atoms with Crippen molar-refractivity contribution in [2.75, 3.05) is 18.5 Å². The average Bonchev–Trinajstić information content (AvgIpc) is 2.42. The van der Waals surface area contributed by atoms with Crippen molar-refractivity contribution in [3.8, 4) is 0 Å². The zero-order valence-corrected chi connectivity index (χ0v) is 13.3. The highest BCUT2D eigenvalue weighted by Gasteiger charge is 2.48. The van der Waals surface area contributed by atoms with Gasteiger partial charge in [-0.15, -0.1) is 0 Å². The molecule has 6 heteroatoms. The number of amides is 1. The van der Waals surface area contributed by atoms with Gasteiger partial charge in [0.1, 0.15) is 5.41 Å². The first kappa shape index (κ1) is 14.5. The first-order valence-electron chi connectivity index (χ1n) is 6.37. The van der Waals surface area contributed by atoms with Gasteiger partial charge >= 0.3 is 0 Å². The largest absolute Gasteiger partial charge is 0.378 e. The fourth-order valence-electron chi connectivity index (χ4n) is 2.14. The van der Waals surface area contributed by atoms with Crippen molar-refractivity contribution in [3.63, 3.8) is 0 Å². The fourth-order valence-corrected chi connectivity index (χ4v) is 2.50. The van der Waals surface area contributed by atoms with Gasteiger partial charge in [0.2, 0.25) is 5.91 Å². The molecule has 1 aromatic heterocycles. The summed E-state index contributed by atoms with van der Waals surface area (Å²) in [5, 5.41) is 3.52. The summed E-state index contributed by atoms with van der Waals surface area (Å²) in [7, 11) is 0. The van der Waals surface area contributed by atoms with Crippen LogP contribution in [0.4, 0.5) is 5.69 Å². The number of carbonyl (C=O) groups excluding carboxylic acids is 1. The van der Waals surface area contributed by atoms with Crippen molar-refractivity contribution in [1.29, 1.82) is 0 Å². The van der Waals surface area contributed by atoms with E-state index in [4.69, 9.17) is 16.3 Å². The molecule has 2 heterocycles. The second-order valence-corrected chi connectivity index (χ2v) is 6.25. The third-order valence-corrected chi connectivity index (χ3v) is 4.17. The number of halogens is 2. The molecule has 3 rings (SSSR count). The Balaban J connectivity index is 1.83. The van der Waals surface area contributed by atoms with Gasteiger partial charge in [-0.05, 0) is 52.3 Å². The van der Waals surface area contributed by atoms with Crippen LogP contribution in [0.25, 0.3) is 0 Å². The lowest BCUT2D eigenvalue weighted by atomic mass is 9.81. The summed E-state index contributed by atoms with van der Waals surface area (Å²) < 4.78 is 6.14. The number of hydrogen-bond acceptors (Lipinski definition) is 3. The monoisotopic (exact) mass is 366 g/mol. The van der Waals surface area contributed by atoms with Crippen LogP contribution in [0.2, 0.25) is 5.02 Å². The van der Waals surface area contributed by atoms with Crippen molar-refractivity contribution in [2.45, 2.75) is 5.41 Å². The molecule has 21 heavy (non-hydrogen) atoms. The minimum absolute atomic E-state index is 0.120. The molecule has 0 aliphatic carbocycles. The van der Waals surface area contributed by atoms with Crippen molar-refractivity contribution in [3.05, 3.63) is 57.8 Å². The van der Waals surface area contributed by atoms with Crippen molar-refractivity contribution in [1.82, 2.24) is 4.98 Å². The molecule has 1 amide bonds. The van der Waals surface area contributed by atoms with E-state index in [1.165, 1.54) is 0 Å². The standard InChI is InChI=1S/C15H12BrClN2O2/c16-10-1-6-13(18-7-10)15(8-21-9-15)14(20)19-12-4-2-11(17)3-5-12/h1-7H,8-9H2,(H,19,20). The number of nitrogens with zero attached hydrogens (tertiary/aromatic N) is 1. The fraction of sp³-hybridized carbons (Fsp3) is 0.200. The van der Waals surface area contributed by atoms with E-state index in [0.29, 0.717) is 29.6 Å². The summed E-state index contributed by atoms with van der Waals surface area (Å²) in [6, 6.07) is 10.7. The summed E-state index contributed by atoms with van der Waals surface area (Å²) in [6.07, 6.45) is 1.69. The molecule has 0 saturated carbocycles. The van der Waals surface area contributed by atoms with Crippen LogP contribution >= 0.6 is 27.5 Å². The summed E-state index contributed by atoms with van der Waals surface area (Å²) in [6.45, 7) is 0.669. The van der Waals surface area contributed by atoms with Gasteiger partial charge in [-0.25, -0.2) is 0 Å². The number of anilines is 1. The van der Waals surface area contributed by atoms with Crippen molar-refractivity contribution in [2.24, 2.45) is 0 Å². The SMILES string of the molecule is O=C(Nc1ccc(Cl)cc1)C1(c2ccc(Br)cn2)COC1. The molecule has 2 aromatic rings. The zero-order chi connectivity index (χ0) is 14.9. The van der Waals surface area contributed by atoms with E-state index < -0.39 is 5.41 Å². The second kappa shape index (κ2) is 5.75. The van der Waals surface area contributed by atoms with Gasteiger partial charge in [-0.1, -0.05) is 11.6 Å². The molecular weight excluding hydrogens is 356 g/mol. The molecule has 1 saturated heterocycles. The Hall–Kier alpha value is -1.43. The Labute approximate surface area is 135 Å². The summed E-state index contributed by atoms with van der Waals surface area (Å²) >= 11 is 9.18. The lowest BCUT2D eigenvalue weighted by molar-refractivity contribution is -0.140. The van der Waals surface area contributed by atoms with Crippen LogP contribution in [0, 0.1) is 0 Å². The number of pyridine rings is 1. The zero-order valence-electron chi connectivity index (χ0n) is 11.0. The topological polar surface area (TPSA) is 51.2 Å². The Bertz CT molecular complexity index is 654. The first-order chi connectivity index (χ1) is 10.1. The number of aromatic nitrogens is 1. The third-order valence-electron chi connectivity index (χ3n) is 3.45. The molecule has 0 unspecified atom stereocenters. The predicted molar refractivity (Wildman–Crippen MR) is 84.5 cm³/mol. The van der Waals surface area contributed by atoms with Crippen LogP contribution in [-0.4, -0.2) is 24.1 Å². The molecule has 1 N–H and O–H groups in total. The van der Waals surface area contributed by atoms with E-state index in [9.17, 15) is 4.79 Å². The number of rotatable bonds is 3. The lowest BCUT2D eigenvalue weighted by Gasteiger charge is -2.39. The normalized spacial score (nSPS) is 16.1. The van der Waals surface area contributed by atoms with Crippen LogP contribution in [0.5, 0.6) is 0 Å². The van der Waals surface area contributed by atoms with Gasteiger partial charge in [-0.3, -0.25) is 9.78 Å². The van der Waals surface area contributed by atoms with E-state index in [-0.39, 0.29) is 5.91 Å². The molecule has 108 valence electrons. The molecule has 0 radical (unpaired) electrons. The van der Waals surface area contributed by atoms with Gasteiger partial charge in [-0.2, -0.15) is 0 Å². The van der Waals surface area contributed by atoms with E-state index in [0.717, 1.165) is 4.47 Å². The lowest BCUT2D eigenvalue weighted by Crippen LogP contribution is -2.56. The van der Waals surface area contributed by atoms with E-state index in [1.54, 1.807) is 30.5 Å². The molecule has 0 atom stereocenters. The number of ether oxygens (including phenoxy) is 1. The highest BCUT2D eigenvalue weighted by atomic mass is 79.9. The van der Waals surface area contributed by atoms with E-state index >= 15 is 0 Å². The summed E-state index contributed by atoms with van der Waals surface area (Å²) in [5.74, 6) is -0.120. The molecule has 1 aromatic carbocycles. The summed E-state index contributed by atoms with van der Waals surface area (Å²) in [5.41, 5.74) is 0.691. The van der Waals surface area contributed by atoms with Gasteiger partial charge in [0, 0.05) is 21.4 Å². The maximum absolute atomic E-state index is 12.6. The van der Waals surface area contributed by atoms with Gasteiger partial charge in [0.05, 0.1) is 18.9 Å². The molecule has 1 aliphatic heterocycles. The Morgan fingerprint density at radius 3 is 2.48 bits per heavy atom. The quantitative estimate of drug-likeness (QED) is 0.904. The third kappa shape index (κ3) is 2.81. The molecule has 1 fully saturated rings. The number of carbonyl (C=O) groups is 1. The first-order valence-corrected chi connectivity index (χ1v) is 7.54. The van der Waals surface area contributed by atoms with Crippen LogP contribution in [0.15, 0.2) is 47.1 Å². The average molecular weight is 368 g/mol. The van der Waals surface area contributed by atoms with Gasteiger partial charge < -0.3 is 10.1 Å². The van der Waals surface area contributed by atoms with E-state index in [2.05, 4.69) is 26.2 Å². The molecular formula is C15H12BrClN2O2. The molecule has 0 bridgehead atoms. The highest BCUT2D eigenvalue weighted by Crippen LogP contribution is 2.33. The second-order valence-electron chi connectivity index (χ2n) is 4.90.